The summed E-state index contributed by atoms with van der Waals surface area (Å²) in [7, 11) is 2.14. The van der Waals surface area contributed by atoms with Crippen molar-refractivity contribution in [1.82, 2.24) is 14.7 Å². The largest absolute Gasteiger partial charge is 0.340 e. The van der Waals surface area contributed by atoms with Crippen LogP contribution in [0.2, 0.25) is 0 Å². The van der Waals surface area contributed by atoms with Crippen molar-refractivity contribution < 1.29 is 4.79 Å². The molecule has 0 N–H and O–H groups in total. The van der Waals surface area contributed by atoms with Gasteiger partial charge < -0.3 is 14.7 Å². The normalized spacial score (nSPS) is 26.7. The van der Waals surface area contributed by atoms with Crippen LogP contribution < -0.4 is 0 Å². The van der Waals surface area contributed by atoms with Gasteiger partial charge in [-0.2, -0.15) is 0 Å². The van der Waals surface area contributed by atoms with Gasteiger partial charge in [-0.05, 0) is 63.6 Å². The Bertz CT molecular complexity index is 403. The number of likely N-dealkylation sites (tertiary alicyclic amines) is 1. The topological polar surface area (TPSA) is 26.8 Å². The van der Waals surface area contributed by atoms with E-state index in [0.717, 1.165) is 58.0 Å². The maximum absolute atomic E-state index is 12.7. The number of nitrogens with zero attached hydrogens (tertiary/aromatic N) is 3. The molecular formula is C19H35N3O. The first kappa shape index (κ1) is 17.2. The van der Waals surface area contributed by atoms with Gasteiger partial charge in [0.05, 0.1) is 0 Å². The third-order valence-corrected chi connectivity index (χ3v) is 6.11. The zero-order chi connectivity index (χ0) is 16.4. The van der Waals surface area contributed by atoms with Gasteiger partial charge in [0, 0.05) is 38.6 Å². The van der Waals surface area contributed by atoms with Crippen LogP contribution in [0, 0.1) is 17.3 Å². The average Bonchev–Trinajstić information content (AvgIpc) is 3.26. The van der Waals surface area contributed by atoms with Crippen LogP contribution in [0.5, 0.6) is 0 Å². The second-order valence-corrected chi connectivity index (χ2v) is 8.78. The molecule has 0 bridgehead atoms. The fourth-order valence-electron chi connectivity index (χ4n) is 4.57. The Kier molecular flexibility index (Phi) is 5.32. The van der Waals surface area contributed by atoms with Crippen molar-refractivity contribution in [2.24, 2.45) is 17.3 Å². The summed E-state index contributed by atoms with van der Waals surface area (Å²) in [5.41, 5.74) is 0.627. The van der Waals surface area contributed by atoms with E-state index in [1.165, 1.54) is 25.8 Å². The van der Waals surface area contributed by atoms with Crippen LogP contribution in [0.15, 0.2) is 0 Å². The van der Waals surface area contributed by atoms with E-state index in [2.05, 4.69) is 35.6 Å². The fourth-order valence-corrected chi connectivity index (χ4v) is 4.57. The molecule has 0 aromatic heterocycles. The summed E-state index contributed by atoms with van der Waals surface area (Å²) in [6, 6.07) is 0. The number of hydrogen-bond donors (Lipinski definition) is 0. The number of amides is 1. The molecule has 132 valence electrons. The minimum Gasteiger partial charge on any atom is -0.340 e. The molecule has 4 heteroatoms. The number of likely N-dealkylation sites (N-methyl/N-ethyl adjacent to an activating group) is 1. The Morgan fingerprint density at radius 2 is 1.65 bits per heavy atom. The highest BCUT2D eigenvalue weighted by atomic mass is 16.2. The fraction of sp³-hybridized carbons (Fsp3) is 0.947. The molecule has 3 rings (SSSR count). The Balaban J connectivity index is 1.42. The Labute approximate surface area is 142 Å². The average molecular weight is 322 g/mol. The van der Waals surface area contributed by atoms with Crippen molar-refractivity contribution in [1.29, 1.82) is 0 Å². The molecule has 0 atom stereocenters. The van der Waals surface area contributed by atoms with Crippen LogP contribution in [-0.4, -0.2) is 73.5 Å². The first-order valence-corrected chi connectivity index (χ1v) is 9.67. The zero-order valence-corrected chi connectivity index (χ0v) is 15.4. The summed E-state index contributed by atoms with van der Waals surface area (Å²) in [5, 5.41) is 0. The van der Waals surface area contributed by atoms with Gasteiger partial charge in [-0.15, -0.1) is 0 Å². The minimum absolute atomic E-state index is 0.287. The lowest BCUT2D eigenvalue weighted by molar-refractivity contribution is -0.138. The molecule has 3 aliphatic rings. The van der Waals surface area contributed by atoms with Gasteiger partial charge in [-0.3, -0.25) is 4.79 Å². The van der Waals surface area contributed by atoms with Crippen LogP contribution >= 0.6 is 0 Å². The second kappa shape index (κ2) is 7.10. The maximum atomic E-state index is 12.7. The van der Waals surface area contributed by atoms with E-state index in [-0.39, 0.29) is 5.92 Å². The number of rotatable bonds is 5. The van der Waals surface area contributed by atoms with Gasteiger partial charge in [0.25, 0.3) is 0 Å². The van der Waals surface area contributed by atoms with E-state index in [1.807, 2.05) is 0 Å². The third kappa shape index (κ3) is 4.48. The predicted molar refractivity (Wildman–Crippen MR) is 94.4 cm³/mol. The third-order valence-electron chi connectivity index (χ3n) is 6.11. The van der Waals surface area contributed by atoms with E-state index in [0.29, 0.717) is 11.3 Å². The van der Waals surface area contributed by atoms with E-state index in [4.69, 9.17) is 0 Å². The van der Waals surface area contributed by atoms with Crippen LogP contribution in [-0.2, 0) is 4.79 Å². The van der Waals surface area contributed by atoms with E-state index in [9.17, 15) is 4.79 Å². The molecule has 0 spiro atoms. The van der Waals surface area contributed by atoms with Crippen LogP contribution in [0.3, 0.4) is 0 Å². The SMILES string of the molecule is CC(C)CC1(CN2CCC(C(=O)N3CCN(C)CC3)CC2)CC1. The first-order valence-electron chi connectivity index (χ1n) is 9.67. The second-order valence-electron chi connectivity index (χ2n) is 8.78. The Morgan fingerprint density at radius 3 is 2.17 bits per heavy atom. The van der Waals surface area contributed by atoms with Gasteiger partial charge >= 0.3 is 0 Å². The molecule has 2 heterocycles. The molecule has 3 fully saturated rings. The van der Waals surface area contributed by atoms with Crippen LogP contribution in [0.4, 0.5) is 0 Å². The number of hydrogen-bond acceptors (Lipinski definition) is 3. The van der Waals surface area contributed by atoms with Gasteiger partial charge in [0.1, 0.15) is 0 Å². The summed E-state index contributed by atoms with van der Waals surface area (Å²) >= 11 is 0. The predicted octanol–water partition coefficient (Wildman–Crippen LogP) is 2.30. The summed E-state index contributed by atoms with van der Waals surface area (Å²) in [5.74, 6) is 1.53. The molecule has 2 saturated heterocycles. The minimum atomic E-state index is 0.287. The number of carbonyl (C=O) groups is 1. The first-order chi connectivity index (χ1) is 11.0. The highest BCUT2D eigenvalue weighted by molar-refractivity contribution is 5.79. The van der Waals surface area contributed by atoms with Crippen molar-refractivity contribution in [2.75, 3.05) is 52.9 Å². The number of piperazine rings is 1. The highest BCUT2D eigenvalue weighted by Crippen LogP contribution is 2.51. The lowest BCUT2D eigenvalue weighted by Crippen LogP contribution is -2.50. The smallest absolute Gasteiger partial charge is 0.225 e. The summed E-state index contributed by atoms with van der Waals surface area (Å²) in [6.07, 6.45) is 6.37. The Hall–Kier alpha value is -0.610. The molecule has 0 unspecified atom stereocenters. The monoisotopic (exact) mass is 321 g/mol. The maximum Gasteiger partial charge on any atom is 0.225 e. The zero-order valence-electron chi connectivity index (χ0n) is 15.4. The van der Waals surface area contributed by atoms with Crippen LogP contribution in [0.25, 0.3) is 0 Å². The Morgan fingerprint density at radius 1 is 1.04 bits per heavy atom. The lowest BCUT2D eigenvalue weighted by atomic mass is 9.90. The molecule has 4 nitrogen and oxygen atoms in total. The van der Waals surface area contributed by atoms with Gasteiger partial charge in [-0.1, -0.05) is 13.8 Å². The summed E-state index contributed by atoms with van der Waals surface area (Å²) < 4.78 is 0. The summed E-state index contributed by atoms with van der Waals surface area (Å²) in [6.45, 7) is 12.1. The molecule has 0 radical (unpaired) electrons. The highest BCUT2D eigenvalue weighted by Gasteiger charge is 2.44. The molecule has 1 saturated carbocycles. The van der Waals surface area contributed by atoms with Crippen molar-refractivity contribution in [3.8, 4) is 0 Å². The number of carbonyl (C=O) groups excluding carboxylic acids is 1. The van der Waals surface area contributed by atoms with Crippen molar-refractivity contribution in [3.63, 3.8) is 0 Å². The van der Waals surface area contributed by atoms with Gasteiger partial charge in [0.2, 0.25) is 5.91 Å². The quantitative estimate of drug-likeness (QED) is 0.777. The standard InChI is InChI=1S/C19H35N3O/c1-16(2)14-19(6-7-19)15-21-8-4-17(5-9-21)18(23)22-12-10-20(3)11-13-22/h16-17H,4-15H2,1-3H3. The van der Waals surface area contributed by atoms with Crippen LogP contribution in [0.1, 0.15) is 46.0 Å². The van der Waals surface area contributed by atoms with Crippen molar-refractivity contribution in [2.45, 2.75) is 46.0 Å². The van der Waals surface area contributed by atoms with E-state index >= 15 is 0 Å². The number of piperidine rings is 1. The molecular weight excluding hydrogens is 286 g/mol. The molecule has 1 amide bonds. The molecule has 1 aliphatic carbocycles. The van der Waals surface area contributed by atoms with Gasteiger partial charge in [0.15, 0.2) is 0 Å². The lowest BCUT2D eigenvalue weighted by Gasteiger charge is -2.38. The molecule has 23 heavy (non-hydrogen) atoms. The molecule has 2 aliphatic heterocycles. The van der Waals surface area contributed by atoms with Gasteiger partial charge in [-0.25, -0.2) is 0 Å². The molecule has 0 aromatic rings. The van der Waals surface area contributed by atoms with Crippen molar-refractivity contribution in [3.05, 3.63) is 0 Å². The van der Waals surface area contributed by atoms with Crippen molar-refractivity contribution >= 4 is 5.91 Å². The summed E-state index contributed by atoms with van der Waals surface area (Å²) in [4.78, 5) is 19.8. The van der Waals surface area contributed by atoms with E-state index in [1.54, 1.807) is 0 Å². The van der Waals surface area contributed by atoms with E-state index < -0.39 is 0 Å². The molecule has 0 aromatic carbocycles.